The molecule has 0 saturated carbocycles. The summed E-state index contributed by atoms with van der Waals surface area (Å²) in [7, 11) is 0. The molecule has 0 amide bonds. The zero-order chi connectivity index (χ0) is 9.68. The van der Waals surface area contributed by atoms with E-state index >= 15 is 0 Å². The largest absolute Gasteiger partial charge is 0.399 e. The highest BCUT2D eigenvalue weighted by Crippen LogP contribution is 2.05. The Labute approximate surface area is 75.7 Å². The van der Waals surface area contributed by atoms with Gasteiger partial charge in [0.1, 0.15) is 0 Å². The first kappa shape index (κ1) is 9.92. The smallest absolute Gasteiger partial charge is 0.250 e. The highest BCUT2D eigenvalue weighted by atomic mass is 19.3. The zero-order valence-corrected chi connectivity index (χ0v) is 7.13. The maximum Gasteiger partial charge on any atom is 0.250 e. The van der Waals surface area contributed by atoms with Crippen molar-refractivity contribution in [3.63, 3.8) is 0 Å². The molecule has 0 spiro atoms. The normalized spacial score (nSPS) is 10.7. The van der Waals surface area contributed by atoms with E-state index in [9.17, 15) is 8.78 Å². The lowest BCUT2D eigenvalue weighted by atomic mass is 10.2. The number of nitrogens with one attached hydrogen (secondary N) is 1. The highest BCUT2D eigenvalue weighted by molar-refractivity contribution is 5.40. The molecule has 1 rings (SSSR count). The minimum absolute atomic E-state index is 0.283. The lowest BCUT2D eigenvalue weighted by molar-refractivity contribution is 0.145. The molecule has 0 heterocycles. The molecule has 0 bridgehead atoms. The molecule has 0 aliphatic heterocycles. The second kappa shape index (κ2) is 4.77. The third-order valence-corrected chi connectivity index (χ3v) is 1.58. The lowest BCUT2D eigenvalue weighted by Gasteiger charge is -2.04. The minimum Gasteiger partial charge on any atom is -0.399 e. The van der Waals surface area contributed by atoms with Crippen molar-refractivity contribution in [1.29, 1.82) is 0 Å². The molecule has 4 heteroatoms. The second-order valence-corrected chi connectivity index (χ2v) is 2.77. The summed E-state index contributed by atoms with van der Waals surface area (Å²) in [5.41, 5.74) is 7.08. The summed E-state index contributed by atoms with van der Waals surface area (Å²) in [6, 6.07) is 7.17. The molecule has 3 N–H and O–H groups in total. The van der Waals surface area contributed by atoms with Crippen LogP contribution in [0, 0.1) is 0 Å². The quantitative estimate of drug-likeness (QED) is 0.701. The number of hydrogen-bond acceptors (Lipinski definition) is 2. The van der Waals surface area contributed by atoms with Crippen molar-refractivity contribution in [3.05, 3.63) is 29.8 Å². The summed E-state index contributed by atoms with van der Waals surface area (Å²) >= 11 is 0. The summed E-state index contributed by atoms with van der Waals surface area (Å²) in [5.74, 6) is 0. The van der Waals surface area contributed by atoms with Crippen molar-refractivity contribution in [1.82, 2.24) is 5.32 Å². The van der Waals surface area contributed by atoms with Crippen LogP contribution >= 0.6 is 0 Å². The molecule has 0 aromatic heterocycles. The first-order valence-corrected chi connectivity index (χ1v) is 4.02. The molecule has 0 fully saturated rings. The predicted molar refractivity (Wildman–Crippen MR) is 48.6 cm³/mol. The van der Waals surface area contributed by atoms with E-state index in [4.69, 9.17) is 5.73 Å². The Morgan fingerprint density at radius 1 is 1.38 bits per heavy atom. The Morgan fingerprint density at radius 2 is 2.15 bits per heavy atom. The van der Waals surface area contributed by atoms with E-state index in [0.717, 1.165) is 5.56 Å². The molecular formula is C9H12F2N2. The van der Waals surface area contributed by atoms with Gasteiger partial charge in [0.05, 0.1) is 6.54 Å². The third-order valence-electron chi connectivity index (χ3n) is 1.58. The van der Waals surface area contributed by atoms with E-state index in [0.29, 0.717) is 12.2 Å². The van der Waals surface area contributed by atoms with E-state index in [2.05, 4.69) is 5.32 Å². The van der Waals surface area contributed by atoms with Gasteiger partial charge < -0.3 is 11.1 Å². The molecule has 0 radical (unpaired) electrons. The SMILES string of the molecule is Nc1cccc(CNCC(F)F)c1. The van der Waals surface area contributed by atoms with Crippen LogP contribution in [-0.2, 0) is 6.54 Å². The summed E-state index contributed by atoms with van der Waals surface area (Å²) in [5, 5.41) is 2.62. The van der Waals surface area contributed by atoms with Crippen molar-refractivity contribution in [2.24, 2.45) is 0 Å². The Kier molecular flexibility index (Phi) is 3.64. The van der Waals surface area contributed by atoms with Gasteiger partial charge in [-0.3, -0.25) is 0 Å². The van der Waals surface area contributed by atoms with Crippen molar-refractivity contribution < 1.29 is 8.78 Å². The van der Waals surface area contributed by atoms with Crippen LogP contribution in [-0.4, -0.2) is 13.0 Å². The number of alkyl halides is 2. The maximum atomic E-state index is 11.7. The molecule has 2 nitrogen and oxygen atoms in total. The van der Waals surface area contributed by atoms with Crippen LogP contribution < -0.4 is 11.1 Å². The number of hydrogen-bond donors (Lipinski definition) is 2. The first-order chi connectivity index (χ1) is 6.18. The minimum atomic E-state index is -2.30. The van der Waals surface area contributed by atoms with E-state index in [1.807, 2.05) is 6.07 Å². The number of anilines is 1. The van der Waals surface area contributed by atoms with Crippen LogP contribution in [0.5, 0.6) is 0 Å². The number of rotatable bonds is 4. The fourth-order valence-corrected chi connectivity index (χ4v) is 1.03. The Balaban J connectivity index is 2.37. The molecule has 1 aromatic rings. The topological polar surface area (TPSA) is 38.0 Å². The van der Waals surface area contributed by atoms with Gasteiger partial charge in [-0.05, 0) is 17.7 Å². The molecule has 0 aliphatic rings. The Hall–Kier alpha value is -1.16. The summed E-state index contributed by atoms with van der Waals surface area (Å²) in [4.78, 5) is 0. The monoisotopic (exact) mass is 186 g/mol. The fraction of sp³-hybridized carbons (Fsp3) is 0.333. The molecule has 0 aliphatic carbocycles. The van der Waals surface area contributed by atoms with Gasteiger partial charge in [0, 0.05) is 12.2 Å². The van der Waals surface area contributed by atoms with Crippen LogP contribution in [0.2, 0.25) is 0 Å². The summed E-state index contributed by atoms with van der Waals surface area (Å²) in [6.45, 7) is 0.143. The standard InChI is InChI=1S/C9H12F2N2/c10-9(11)6-13-5-7-2-1-3-8(12)4-7/h1-4,9,13H,5-6,12H2. The molecular weight excluding hydrogens is 174 g/mol. The number of nitrogen functional groups attached to an aromatic ring is 1. The van der Waals surface area contributed by atoms with E-state index in [1.54, 1.807) is 18.2 Å². The van der Waals surface area contributed by atoms with Crippen LogP contribution in [0.25, 0.3) is 0 Å². The van der Waals surface area contributed by atoms with Gasteiger partial charge in [-0.15, -0.1) is 0 Å². The van der Waals surface area contributed by atoms with Crippen molar-refractivity contribution in [2.75, 3.05) is 12.3 Å². The molecule has 13 heavy (non-hydrogen) atoms. The number of halogens is 2. The Morgan fingerprint density at radius 3 is 2.77 bits per heavy atom. The second-order valence-electron chi connectivity index (χ2n) is 2.77. The van der Waals surface area contributed by atoms with Crippen LogP contribution in [0.15, 0.2) is 24.3 Å². The average Bonchev–Trinajstić information content (AvgIpc) is 2.03. The van der Waals surface area contributed by atoms with Crippen molar-refractivity contribution in [3.8, 4) is 0 Å². The van der Waals surface area contributed by atoms with E-state index < -0.39 is 6.43 Å². The summed E-state index contributed by atoms with van der Waals surface area (Å²) < 4.78 is 23.5. The zero-order valence-electron chi connectivity index (χ0n) is 7.13. The first-order valence-electron chi connectivity index (χ1n) is 4.02. The van der Waals surface area contributed by atoms with Crippen molar-refractivity contribution in [2.45, 2.75) is 13.0 Å². The molecule has 0 unspecified atom stereocenters. The van der Waals surface area contributed by atoms with Gasteiger partial charge in [-0.1, -0.05) is 12.1 Å². The van der Waals surface area contributed by atoms with Gasteiger partial charge in [0.15, 0.2) is 0 Å². The van der Waals surface area contributed by atoms with Crippen LogP contribution in [0.4, 0.5) is 14.5 Å². The van der Waals surface area contributed by atoms with Gasteiger partial charge in [0.2, 0.25) is 0 Å². The van der Waals surface area contributed by atoms with Gasteiger partial charge >= 0.3 is 0 Å². The summed E-state index contributed by atoms with van der Waals surface area (Å²) in [6.07, 6.45) is -2.30. The molecule has 1 aromatic carbocycles. The van der Waals surface area contributed by atoms with Gasteiger partial charge in [0.25, 0.3) is 6.43 Å². The van der Waals surface area contributed by atoms with Crippen molar-refractivity contribution >= 4 is 5.69 Å². The Bertz CT molecular complexity index is 264. The number of nitrogens with two attached hydrogens (primary N) is 1. The van der Waals surface area contributed by atoms with Gasteiger partial charge in [-0.25, -0.2) is 8.78 Å². The number of benzene rings is 1. The average molecular weight is 186 g/mol. The fourth-order valence-electron chi connectivity index (χ4n) is 1.03. The molecule has 0 atom stereocenters. The third kappa shape index (κ3) is 3.85. The van der Waals surface area contributed by atoms with E-state index in [1.165, 1.54) is 0 Å². The maximum absolute atomic E-state index is 11.7. The van der Waals surface area contributed by atoms with E-state index in [-0.39, 0.29) is 6.54 Å². The molecule has 72 valence electrons. The molecule has 0 saturated heterocycles. The highest BCUT2D eigenvalue weighted by Gasteiger charge is 2.00. The van der Waals surface area contributed by atoms with Gasteiger partial charge in [-0.2, -0.15) is 0 Å². The predicted octanol–water partition coefficient (Wildman–Crippen LogP) is 1.62. The van der Waals surface area contributed by atoms with Crippen LogP contribution in [0.3, 0.4) is 0 Å². The van der Waals surface area contributed by atoms with Crippen LogP contribution in [0.1, 0.15) is 5.56 Å². The lowest BCUT2D eigenvalue weighted by Crippen LogP contribution is -2.20.